The number of amides is 2. The van der Waals surface area contributed by atoms with Crippen LogP contribution in [0.1, 0.15) is 5.56 Å². The van der Waals surface area contributed by atoms with Crippen molar-refractivity contribution in [2.45, 2.75) is 11.8 Å². The van der Waals surface area contributed by atoms with Crippen molar-refractivity contribution in [2.75, 3.05) is 24.7 Å². The Morgan fingerprint density at radius 2 is 1.54 bits per heavy atom. The molecular formula is C16H18FN3O3S. The Labute approximate surface area is 140 Å². The number of nitrogens with one attached hydrogen (secondary N) is 2. The Morgan fingerprint density at radius 1 is 1.00 bits per heavy atom. The molecule has 0 bridgehead atoms. The maximum absolute atomic E-state index is 12.8. The van der Waals surface area contributed by atoms with Gasteiger partial charge in [0.05, 0.1) is 4.90 Å². The van der Waals surface area contributed by atoms with Crippen molar-refractivity contribution in [3.05, 3.63) is 53.8 Å². The fourth-order valence-corrected chi connectivity index (χ4v) is 3.12. The first-order valence-corrected chi connectivity index (χ1v) is 8.51. The van der Waals surface area contributed by atoms with E-state index in [9.17, 15) is 17.6 Å². The molecule has 0 radical (unpaired) electrons. The fourth-order valence-electron chi connectivity index (χ4n) is 1.98. The predicted molar refractivity (Wildman–Crippen MR) is 91.1 cm³/mol. The van der Waals surface area contributed by atoms with E-state index in [1.165, 1.54) is 44.4 Å². The Kier molecular flexibility index (Phi) is 5.20. The zero-order chi connectivity index (χ0) is 17.9. The number of urea groups is 1. The molecule has 2 N–H and O–H groups in total. The molecule has 128 valence electrons. The highest BCUT2D eigenvalue weighted by Crippen LogP contribution is 2.22. The summed E-state index contributed by atoms with van der Waals surface area (Å²) in [5.74, 6) is -0.405. The summed E-state index contributed by atoms with van der Waals surface area (Å²) >= 11 is 0. The lowest BCUT2D eigenvalue weighted by Crippen LogP contribution is -2.24. The van der Waals surface area contributed by atoms with Crippen molar-refractivity contribution in [1.82, 2.24) is 4.31 Å². The van der Waals surface area contributed by atoms with Gasteiger partial charge >= 0.3 is 6.03 Å². The highest BCUT2D eigenvalue weighted by Gasteiger charge is 2.20. The van der Waals surface area contributed by atoms with Gasteiger partial charge in [-0.25, -0.2) is 21.9 Å². The van der Waals surface area contributed by atoms with Gasteiger partial charge in [-0.2, -0.15) is 0 Å². The van der Waals surface area contributed by atoms with E-state index in [0.29, 0.717) is 16.9 Å². The van der Waals surface area contributed by atoms with Gasteiger partial charge in [0.1, 0.15) is 5.82 Å². The van der Waals surface area contributed by atoms with Gasteiger partial charge in [0, 0.05) is 25.5 Å². The van der Waals surface area contributed by atoms with E-state index in [2.05, 4.69) is 10.6 Å². The summed E-state index contributed by atoms with van der Waals surface area (Å²) in [7, 11) is -0.728. The largest absolute Gasteiger partial charge is 0.323 e. The Balaban J connectivity index is 2.18. The van der Waals surface area contributed by atoms with Crippen molar-refractivity contribution in [1.29, 1.82) is 0 Å². The van der Waals surface area contributed by atoms with Crippen molar-refractivity contribution >= 4 is 27.4 Å². The Hall–Kier alpha value is -2.45. The molecule has 0 aliphatic heterocycles. The second kappa shape index (κ2) is 6.98. The highest BCUT2D eigenvalue weighted by atomic mass is 32.2. The summed E-state index contributed by atoms with van der Waals surface area (Å²) in [5, 5.41) is 5.09. The van der Waals surface area contributed by atoms with Crippen molar-refractivity contribution in [2.24, 2.45) is 0 Å². The topological polar surface area (TPSA) is 78.5 Å². The number of benzene rings is 2. The first kappa shape index (κ1) is 17.9. The molecule has 6 nitrogen and oxygen atoms in total. The zero-order valence-electron chi connectivity index (χ0n) is 13.5. The van der Waals surface area contributed by atoms with Crippen LogP contribution in [0.15, 0.2) is 47.4 Å². The number of aryl methyl sites for hydroxylation is 1. The van der Waals surface area contributed by atoms with Crippen molar-refractivity contribution in [3.63, 3.8) is 0 Å². The summed E-state index contributed by atoms with van der Waals surface area (Å²) in [4.78, 5) is 12.1. The summed E-state index contributed by atoms with van der Waals surface area (Å²) in [5.41, 5.74) is 1.33. The van der Waals surface area contributed by atoms with Crippen molar-refractivity contribution in [3.8, 4) is 0 Å². The average Bonchev–Trinajstić information content (AvgIpc) is 2.51. The fraction of sp³-hybridized carbons (Fsp3) is 0.188. The SMILES string of the molecule is Cc1ccc(NC(=O)Nc2ccc(F)cc2)cc1S(=O)(=O)N(C)C. The number of hydrogen-bond donors (Lipinski definition) is 2. The molecule has 0 aliphatic carbocycles. The molecule has 0 unspecified atom stereocenters. The lowest BCUT2D eigenvalue weighted by atomic mass is 10.2. The normalized spacial score (nSPS) is 11.4. The summed E-state index contributed by atoms with van der Waals surface area (Å²) < 4.78 is 38.5. The molecule has 0 heterocycles. The number of sulfonamides is 1. The third-order valence-electron chi connectivity index (χ3n) is 3.31. The van der Waals surface area contributed by atoms with Gasteiger partial charge < -0.3 is 10.6 Å². The first-order chi connectivity index (χ1) is 11.2. The Morgan fingerprint density at radius 3 is 2.12 bits per heavy atom. The molecule has 0 saturated carbocycles. The third kappa shape index (κ3) is 4.09. The number of nitrogens with zero attached hydrogens (tertiary/aromatic N) is 1. The standard InChI is InChI=1S/C16H18FN3O3S/c1-11-4-7-14(10-15(11)24(22,23)20(2)3)19-16(21)18-13-8-5-12(17)6-9-13/h4-10H,1-3H3,(H2,18,19,21). The maximum Gasteiger partial charge on any atom is 0.323 e. The lowest BCUT2D eigenvalue weighted by Gasteiger charge is -2.15. The smallest absolute Gasteiger partial charge is 0.308 e. The van der Waals surface area contributed by atoms with Crippen LogP contribution in [-0.4, -0.2) is 32.8 Å². The molecule has 0 saturated heterocycles. The van der Waals surface area contributed by atoms with Crippen LogP contribution in [0.4, 0.5) is 20.6 Å². The van der Waals surface area contributed by atoms with E-state index in [4.69, 9.17) is 0 Å². The molecule has 24 heavy (non-hydrogen) atoms. The molecule has 8 heteroatoms. The Bertz CT molecular complexity index is 849. The monoisotopic (exact) mass is 351 g/mol. The van der Waals surface area contributed by atoms with E-state index in [-0.39, 0.29) is 4.90 Å². The number of hydrogen-bond acceptors (Lipinski definition) is 3. The summed E-state index contributed by atoms with van der Waals surface area (Å²) in [6.07, 6.45) is 0. The molecular weight excluding hydrogens is 333 g/mol. The molecule has 0 spiro atoms. The van der Waals surface area contributed by atoms with E-state index < -0.39 is 21.9 Å². The van der Waals surface area contributed by atoms with Crippen LogP contribution >= 0.6 is 0 Å². The molecule has 2 rings (SSSR count). The number of rotatable bonds is 4. The molecule has 0 aromatic heterocycles. The van der Waals surface area contributed by atoms with Crippen LogP contribution in [0.3, 0.4) is 0 Å². The van der Waals surface area contributed by atoms with Gasteiger partial charge in [-0.15, -0.1) is 0 Å². The second-order valence-corrected chi connectivity index (χ2v) is 7.47. The van der Waals surface area contributed by atoms with E-state index in [1.807, 2.05) is 0 Å². The summed E-state index contributed by atoms with van der Waals surface area (Å²) in [6, 6.07) is 9.36. The van der Waals surface area contributed by atoms with Gasteiger partial charge in [-0.1, -0.05) is 6.07 Å². The first-order valence-electron chi connectivity index (χ1n) is 7.07. The number of carbonyl (C=O) groups is 1. The zero-order valence-corrected chi connectivity index (χ0v) is 14.3. The second-order valence-electron chi connectivity index (χ2n) is 5.35. The highest BCUT2D eigenvalue weighted by molar-refractivity contribution is 7.89. The number of carbonyl (C=O) groups excluding carboxylic acids is 1. The molecule has 2 aromatic rings. The van der Waals surface area contributed by atoms with Crippen molar-refractivity contribution < 1.29 is 17.6 Å². The number of anilines is 2. The van der Waals surface area contributed by atoms with Crippen LogP contribution in [-0.2, 0) is 10.0 Å². The van der Waals surface area contributed by atoms with Gasteiger partial charge in [-0.3, -0.25) is 0 Å². The molecule has 0 fully saturated rings. The predicted octanol–water partition coefficient (Wildman–Crippen LogP) is 3.03. The van der Waals surface area contributed by atoms with E-state index in [1.54, 1.807) is 19.1 Å². The van der Waals surface area contributed by atoms with E-state index in [0.717, 1.165) is 4.31 Å². The minimum Gasteiger partial charge on any atom is -0.308 e. The minimum absolute atomic E-state index is 0.118. The van der Waals surface area contributed by atoms with Gasteiger partial charge in [0.2, 0.25) is 10.0 Å². The quantitative estimate of drug-likeness (QED) is 0.889. The lowest BCUT2D eigenvalue weighted by molar-refractivity contribution is 0.262. The van der Waals surface area contributed by atoms with E-state index >= 15 is 0 Å². The number of halogens is 1. The minimum atomic E-state index is -3.61. The maximum atomic E-state index is 12.8. The van der Waals surface area contributed by atoms with Crippen LogP contribution in [0, 0.1) is 12.7 Å². The van der Waals surface area contributed by atoms with Crippen LogP contribution < -0.4 is 10.6 Å². The van der Waals surface area contributed by atoms with Gasteiger partial charge in [-0.05, 0) is 48.9 Å². The summed E-state index contributed by atoms with van der Waals surface area (Å²) in [6.45, 7) is 1.68. The van der Waals surface area contributed by atoms with Gasteiger partial charge in [0.25, 0.3) is 0 Å². The van der Waals surface area contributed by atoms with Gasteiger partial charge in [0.15, 0.2) is 0 Å². The molecule has 0 atom stereocenters. The average molecular weight is 351 g/mol. The van der Waals surface area contributed by atoms with Crippen LogP contribution in [0.25, 0.3) is 0 Å². The van der Waals surface area contributed by atoms with Crippen LogP contribution in [0.2, 0.25) is 0 Å². The molecule has 2 aromatic carbocycles. The third-order valence-corrected chi connectivity index (χ3v) is 5.26. The van der Waals surface area contributed by atoms with Crippen LogP contribution in [0.5, 0.6) is 0 Å². The molecule has 0 aliphatic rings. The molecule has 2 amide bonds.